The normalized spacial score (nSPS) is 40.7. The molecule has 0 aromatic rings. The molecule has 0 bridgehead atoms. The molecule has 4 heteroatoms. The van der Waals surface area contributed by atoms with Gasteiger partial charge in [0.15, 0.2) is 0 Å². The van der Waals surface area contributed by atoms with Crippen molar-refractivity contribution in [3.8, 4) is 0 Å². The summed E-state index contributed by atoms with van der Waals surface area (Å²) in [6, 6.07) is 0.861. The lowest BCUT2D eigenvalue weighted by atomic mass is 9.92. The van der Waals surface area contributed by atoms with Gasteiger partial charge >= 0.3 is 0 Å². The van der Waals surface area contributed by atoms with Crippen LogP contribution in [-0.4, -0.2) is 65.8 Å². The zero-order valence-electron chi connectivity index (χ0n) is 12.7. The van der Waals surface area contributed by atoms with E-state index in [1.807, 2.05) is 0 Å². The molecular formula is C15H29N3O. The minimum Gasteiger partial charge on any atom is -0.370 e. The number of nitrogens with two attached hydrogens (primary N) is 1. The molecule has 4 nitrogen and oxygen atoms in total. The predicted molar refractivity (Wildman–Crippen MR) is 77.2 cm³/mol. The van der Waals surface area contributed by atoms with Gasteiger partial charge in [0.1, 0.15) is 0 Å². The van der Waals surface area contributed by atoms with Gasteiger partial charge in [-0.2, -0.15) is 0 Å². The summed E-state index contributed by atoms with van der Waals surface area (Å²) >= 11 is 0. The van der Waals surface area contributed by atoms with Gasteiger partial charge in [-0.05, 0) is 40.0 Å². The molecule has 2 saturated heterocycles. The molecule has 2 unspecified atom stereocenters. The van der Waals surface area contributed by atoms with E-state index in [-0.39, 0.29) is 11.1 Å². The van der Waals surface area contributed by atoms with Gasteiger partial charge in [0, 0.05) is 44.3 Å². The van der Waals surface area contributed by atoms with E-state index in [1.54, 1.807) is 0 Å². The molecule has 110 valence electrons. The molecule has 1 saturated carbocycles. The van der Waals surface area contributed by atoms with Crippen molar-refractivity contribution in [3.05, 3.63) is 0 Å². The van der Waals surface area contributed by atoms with Crippen LogP contribution in [0.5, 0.6) is 0 Å². The Labute approximate surface area is 117 Å². The van der Waals surface area contributed by atoms with E-state index in [1.165, 1.54) is 25.8 Å². The Bertz CT molecular complexity index is 342. The van der Waals surface area contributed by atoms with E-state index in [0.29, 0.717) is 6.10 Å². The summed E-state index contributed by atoms with van der Waals surface area (Å²) in [6.45, 7) is 11.8. The van der Waals surface area contributed by atoms with Crippen molar-refractivity contribution in [2.45, 2.75) is 63.3 Å². The van der Waals surface area contributed by atoms with E-state index in [4.69, 9.17) is 10.5 Å². The number of rotatable bonds is 3. The van der Waals surface area contributed by atoms with Gasteiger partial charge in [-0.1, -0.05) is 0 Å². The third-order valence-electron chi connectivity index (χ3n) is 5.05. The summed E-state index contributed by atoms with van der Waals surface area (Å²) in [4.78, 5) is 5.30. The number of hydrogen-bond donors (Lipinski definition) is 1. The molecule has 2 atom stereocenters. The van der Waals surface area contributed by atoms with Crippen molar-refractivity contribution < 1.29 is 4.74 Å². The molecule has 3 rings (SSSR count). The monoisotopic (exact) mass is 267 g/mol. The lowest BCUT2D eigenvalue weighted by molar-refractivity contribution is -0.151. The minimum absolute atomic E-state index is 0.0488. The standard InChI is InChI=1S/C15H29N3O/c1-12-8-18(10-14(2,3)19-12)15(9-16)6-7-17(11-15)13-4-5-13/h12-13H,4-11,16H2,1-3H3. The van der Waals surface area contributed by atoms with Crippen LogP contribution < -0.4 is 5.73 Å². The Morgan fingerprint density at radius 1 is 1.26 bits per heavy atom. The zero-order valence-corrected chi connectivity index (χ0v) is 12.7. The third kappa shape index (κ3) is 2.68. The second kappa shape index (κ2) is 4.69. The average Bonchev–Trinajstić information content (AvgIpc) is 3.07. The molecule has 1 aliphatic carbocycles. The molecule has 0 aromatic carbocycles. The molecule has 0 amide bonds. The number of nitrogens with zero attached hydrogens (tertiary/aromatic N) is 2. The molecule has 2 N–H and O–H groups in total. The number of likely N-dealkylation sites (tertiary alicyclic amines) is 1. The van der Waals surface area contributed by atoms with Crippen molar-refractivity contribution >= 4 is 0 Å². The van der Waals surface area contributed by atoms with E-state index < -0.39 is 0 Å². The van der Waals surface area contributed by atoms with Crippen LogP contribution in [0.25, 0.3) is 0 Å². The molecule has 3 fully saturated rings. The topological polar surface area (TPSA) is 41.7 Å². The third-order valence-corrected chi connectivity index (χ3v) is 5.05. The highest BCUT2D eigenvalue weighted by Gasteiger charge is 2.48. The maximum Gasteiger partial charge on any atom is 0.0757 e. The van der Waals surface area contributed by atoms with Crippen molar-refractivity contribution in [1.29, 1.82) is 0 Å². The molecule has 2 heterocycles. The smallest absolute Gasteiger partial charge is 0.0757 e. The second-order valence-electron chi connectivity index (χ2n) is 7.45. The van der Waals surface area contributed by atoms with E-state index in [0.717, 1.165) is 32.2 Å². The predicted octanol–water partition coefficient (Wildman–Crippen LogP) is 1.05. The van der Waals surface area contributed by atoms with Gasteiger partial charge < -0.3 is 10.5 Å². The summed E-state index contributed by atoms with van der Waals surface area (Å²) in [5, 5.41) is 0. The van der Waals surface area contributed by atoms with Gasteiger partial charge in [-0.15, -0.1) is 0 Å². The van der Waals surface area contributed by atoms with Crippen molar-refractivity contribution in [1.82, 2.24) is 9.80 Å². The maximum atomic E-state index is 6.21. The quantitative estimate of drug-likeness (QED) is 0.830. The Kier molecular flexibility index (Phi) is 3.41. The average molecular weight is 267 g/mol. The van der Waals surface area contributed by atoms with Gasteiger partial charge in [0.2, 0.25) is 0 Å². The highest BCUT2D eigenvalue weighted by Crippen LogP contribution is 2.37. The summed E-state index contributed by atoms with van der Waals surface area (Å²) in [7, 11) is 0. The van der Waals surface area contributed by atoms with Crippen LogP contribution in [0.1, 0.15) is 40.0 Å². The molecule has 3 aliphatic rings. The first kappa shape index (κ1) is 13.8. The van der Waals surface area contributed by atoms with Crippen LogP contribution in [0.15, 0.2) is 0 Å². The van der Waals surface area contributed by atoms with E-state index in [2.05, 4.69) is 30.6 Å². The molecule has 0 radical (unpaired) electrons. The number of hydrogen-bond acceptors (Lipinski definition) is 4. The Morgan fingerprint density at radius 2 is 2.00 bits per heavy atom. The van der Waals surface area contributed by atoms with Crippen molar-refractivity contribution in [3.63, 3.8) is 0 Å². The fraction of sp³-hybridized carbons (Fsp3) is 1.00. The molecular weight excluding hydrogens is 238 g/mol. The maximum absolute atomic E-state index is 6.21. The van der Waals surface area contributed by atoms with Crippen molar-refractivity contribution in [2.24, 2.45) is 5.73 Å². The van der Waals surface area contributed by atoms with Crippen LogP contribution in [0.2, 0.25) is 0 Å². The lowest BCUT2D eigenvalue weighted by Gasteiger charge is -2.50. The minimum atomic E-state index is -0.0488. The SMILES string of the molecule is CC1CN(C2(CN)CCN(C3CC3)C2)CC(C)(C)O1. The number of ether oxygens (including phenoxy) is 1. The first-order valence-electron chi connectivity index (χ1n) is 7.81. The van der Waals surface area contributed by atoms with Gasteiger partial charge in [-0.25, -0.2) is 0 Å². The van der Waals surface area contributed by atoms with Crippen LogP contribution in [-0.2, 0) is 4.74 Å². The van der Waals surface area contributed by atoms with Crippen LogP contribution in [0.3, 0.4) is 0 Å². The highest BCUT2D eigenvalue weighted by molar-refractivity contribution is 5.05. The van der Waals surface area contributed by atoms with Crippen LogP contribution in [0, 0.1) is 0 Å². The first-order valence-corrected chi connectivity index (χ1v) is 7.81. The highest BCUT2D eigenvalue weighted by atomic mass is 16.5. The van der Waals surface area contributed by atoms with Crippen molar-refractivity contribution in [2.75, 3.05) is 32.7 Å². The number of morpholine rings is 1. The zero-order chi connectivity index (χ0) is 13.7. The first-order chi connectivity index (χ1) is 8.94. The molecule has 0 aromatic heterocycles. The van der Waals surface area contributed by atoms with Gasteiger partial charge in [0.05, 0.1) is 11.7 Å². The fourth-order valence-corrected chi connectivity index (χ4v) is 4.01. The van der Waals surface area contributed by atoms with E-state index in [9.17, 15) is 0 Å². The van der Waals surface area contributed by atoms with Crippen LogP contribution in [0.4, 0.5) is 0 Å². The summed E-state index contributed by atoms with van der Waals surface area (Å²) < 4.78 is 6.04. The summed E-state index contributed by atoms with van der Waals surface area (Å²) in [6.07, 6.45) is 4.32. The molecule has 0 spiro atoms. The molecule has 2 aliphatic heterocycles. The van der Waals surface area contributed by atoms with Gasteiger partial charge in [-0.3, -0.25) is 9.80 Å². The molecule has 19 heavy (non-hydrogen) atoms. The Morgan fingerprint density at radius 3 is 2.58 bits per heavy atom. The van der Waals surface area contributed by atoms with Crippen LogP contribution >= 0.6 is 0 Å². The Hall–Kier alpha value is -0.160. The lowest BCUT2D eigenvalue weighted by Crippen LogP contribution is -2.64. The van der Waals surface area contributed by atoms with Gasteiger partial charge in [0.25, 0.3) is 0 Å². The fourth-order valence-electron chi connectivity index (χ4n) is 4.01. The second-order valence-corrected chi connectivity index (χ2v) is 7.45. The summed E-state index contributed by atoms with van der Waals surface area (Å²) in [5.74, 6) is 0. The van der Waals surface area contributed by atoms with E-state index >= 15 is 0 Å². The Balaban J connectivity index is 1.74. The summed E-state index contributed by atoms with van der Waals surface area (Å²) in [5.41, 5.74) is 6.35. The largest absolute Gasteiger partial charge is 0.370 e.